The average molecular weight is 285 g/mol. The lowest BCUT2D eigenvalue weighted by atomic mass is 9.78. The molecular weight excluding hydrogens is 262 g/mol. The second-order valence-corrected chi connectivity index (χ2v) is 6.93. The van der Waals surface area contributed by atoms with Crippen molar-refractivity contribution in [3.8, 4) is 0 Å². The number of fused-ring (bicyclic) bond motifs is 3. The van der Waals surface area contributed by atoms with Crippen LogP contribution in [0.15, 0.2) is 24.3 Å². The largest absolute Gasteiger partial charge is 0.468 e. The van der Waals surface area contributed by atoms with Gasteiger partial charge in [-0.3, -0.25) is 10.1 Å². The Morgan fingerprint density at radius 1 is 1.10 bits per heavy atom. The fourth-order valence-corrected chi connectivity index (χ4v) is 4.57. The van der Waals surface area contributed by atoms with Crippen LogP contribution in [0.2, 0.25) is 0 Å². The summed E-state index contributed by atoms with van der Waals surface area (Å²) in [7, 11) is 1.54. The van der Waals surface area contributed by atoms with Crippen LogP contribution < -0.4 is 5.32 Å². The first-order valence-electron chi connectivity index (χ1n) is 8.17. The number of methoxy groups -OCH3 is 1. The number of hydrogen-bond acceptors (Lipinski definition) is 3. The highest BCUT2D eigenvalue weighted by atomic mass is 16.5. The van der Waals surface area contributed by atoms with Gasteiger partial charge in [0.15, 0.2) is 0 Å². The molecule has 0 heterocycles. The van der Waals surface area contributed by atoms with Gasteiger partial charge in [0.05, 0.1) is 7.11 Å². The summed E-state index contributed by atoms with van der Waals surface area (Å²) in [5.74, 6) is 0.716. The highest BCUT2D eigenvalue weighted by Gasteiger charge is 2.58. The number of esters is 1. The van der Waals surface area contributed by atoms with Crippen LogP contribution in [-0.2, 0) is 22.4 Å². The van der Waals surface area contributed by atoms with Crippen LogP contribution in [0.5, 0.6) is 0 Å². The summed E-state index contributed by atoms with van der Waals surface area (Å²) < 4.78 is 5.26. The molecule has 1 N–H and O–H groups in total. The van der Waals surface area contributed by atoms with Crippen LogP contribution in [0.3, 0.4) is 0 Å². The number of nitrogens with one attached hydrogen (secondary N) is 1. The minimum Gasteiger partial charge on any atom is -0.468 e. The predicted octanol–water partition coefficient (Wildman–Crippen LogP) is 2.48. The fraction of sp³-hybridized carbons (Fsp3) is 0.611. The zero-order chi connectivity index (χ0) is 14.4. The van der Waals surface area contributed by atoms with Gasteiger partial charge in [-0.2, -0.15) is 0 Å². The topological polar surface area (TPSA) is 38.3 Å². The van der Waals surface area contributed by atoms with E-state index >= 15 is 0 Å². The summed E-state index contributed by atoms with van der Waals surface area (Å²) in [4.78, 5) is 12.7. The summed E-state index contributed by atoms with van der Waals surface area (Å²) in [5, 5.41) is 3.72. The third kappa shape index (κ3) is 2.02. The van der Waals surface area contributed by atoms with Gasteiger partial charge in [0.25, 0.3) is 0 Å². The van der Waals surface area contributed by atoms with E-state index in [1.54, 1.807) is 0 Å². The van der Waals surface area contributed by atoms with Gasteiger partial charge in [-0.05, 0) is 61.5 Å². The molecule has 3 aliphatic carbocycles. The maximum atomic E-state index is 12.7. The standard InChI is InChI=1S/C18H23NO2/c1-21-17(20)18(19-16-8-9-16)14-6-7-15(18)11-13-5-3-2-4-12(13)10-14/h2-5,14-16,19H,6-11H2,1H3. The van der Waals surface area contributed by atoms with Crippen molar-refractivity contribution in [3.63, 3.8) is 0 Å². The van der Waals surface area contributed by atoms with Crippen molar-refractivity contribution in [1.82, 2.24) is 5.32 Å². The van der Waals surface area contributed by atoms with Gasteiger partial charge in [-0.25, -0.2) is 0 Å². The van der Waals surface area contributed by atoms with Crippen LogP contribution in [0, 0.1) is 11.8 Å². The number of ether oxygens (including phenoxy) is 1. The predicted molar refractivity (Wildman–Crippen MR) is 81.0 cm³/mol. The number of hydrogen-bond donors (Lipinski definition) is 1. The van der Waals surface area contributed by atoms with Gasteiger partial charge in [-0.1, -0.05) is 24.3 Å². The van der Waals surface area contributed by atoms with Gasteiger partial charge in [0.2, 0.25) is 0 Å². The molecule has 0 aliphatic heterocycles. The van der Waals surface area contributed by atoms with E-state index in [0.717, 1.165) is 25.7 Å². The van der Waals surface area contributed by atoms with Crippen molar-refractivity contribution < 1.29 is 9.53 Å². The summed E-state index contributed by atoms with van der Waals surface area (Å²) >= 11 is 0. The molecule has 2 atom stereocenters. The molecule has 1 aromatic carbocycles. The highest BCUT2D eigenvalue weighted by molar-refractivity contribution is 5.83. The monoisotopic (exact) mass is 285 g/mol. The molecule has 112 valence electrons. The lowest BCUT2D eigenvalue weighted by Crippen LogP contribution is -2.60. The molecule has 21 heavy (non-hydrogen) atoms. The van der Waals surface area contributed by atoms with E-state index in [1.165, 1.54) is 31.1 Å². The van der Waals surface area contributed by atoms with Crippen LogP contribution in [0.4, 0.5) is 0 Å². The summed E-state index contributed by atoms with van der Waals surface area (Å²) in [6, 6.07) is 9.22. The van der Waals surface area contributed by atoms with Gasteiger partial charge in [-0.15, -0.1) is 0 Å². The van der Waals surface area contributed by atoms with Crippen molar-refractivity contribution in [2.45, 2.75) is 50.1 Å². The molecule has 4 rings (SSSR count). The zero-order valence-corrected chi connectivity index (χ0v) is 12.6. The molecule has 2 bridgehead atoms. The van der Waals surface area contributed by atoms with E-state index in [9.17, 15) is 4.79 Å². The second-order valence-electron chi connectivity index (χ2n) is 6.93. The highest BCUT2D eigenvalue weighted by Crippen LogP contribution is 2.49. The van der Waals surface area contributed by atoms with Gasteiger partial charge in [0.1, 0.15) is 5.54 Å². The number of carbonyl (C=O) groups excluding carboxylic acids is 1. The second kappa shape index (κ2) is 4.84. The molecule has 0 amide bonds. The molecule has 0 aromatic heterocycles. The maximum Gasteiger partial charge on any atom is 0.326 e. The van der Waals surface area contributed by atoms with Crippen LogP contribution in [-0.4, -0.2) is 24.7 Å². The zero-order valence-electron chi connectivity index (χ0n) is 12.6. The lowest BCUT2D eigenvalue weighted by Gasteiger charge is -2.37. The molecule has 1 aromatic rings. The fourth-order valence-electron chi connectivity index (χ4n) is 4.57. The SMILES string of the molecule is COC(=O)C1(NC2CC2)C2CCC1Cc1ccccc1C2. The Labute approximate surface area is 126 Å². The molecule has 3 heteroatoms. The van der Waals surface area contributed by atoms with E-state index in [0.29, 0.717) is 17.9 Å². The first kappa shape index (κ1) is 13.3. The van der Waals surface area contributed by atoms with Crippen molar-refractivity contribution in [2.24, 2.45) is 11.8 Å². The maximum absolute atomic E-state index is 12.7. The van der Waals surface area contributed by atoms with Gasteiger partial charge >= 0.3 is 5.97 Å². The van der Waals surface area contributed by atoms with E-state index in [4.69, 9.17) is 4.74 Å². The van der Waals surface area contributed by atoms with Crippen molar-refractivity contribution in [3.05, 3.63) is 35.4 Å². The van der Waals surface area contributed by atoms with Crippen molar-refractivity contribution >= 4 is 5.97 Å². The number of carbonyl (C=O) groups is 1. The Balaban J connectivity index is 1.76. The Hall–Kier alpha value is -1.35. The average Bonchev–Trinajstić information content (AvgIpc) is 3.25. The Morgan fingerprint density at radius 3 is 2.14 bits per heavy atom. The lowest BCUT2D eigenvalue weighted by molar-refractivity contribution is -0.152. The first-order valence-corrected chi connectivity index (χ1v) is 8.17. The summed E-state index contributed by atoms with van der Waals surface area (Å²) in [5.41, 5.74) is 2.40. The van der Waals surface area contributed by atoms with Gasteiger partial charge < -0.3 is 4.74 Å². The van der Waals surface area contributed by atoms with E-state index < -0.39 is 5.54 Å². The van der Waals surface area contributed by atoms with E-state index in [2.05, 4.69) is 29.6 Å². The third-order valence-corrected chi connectivity index (χ3v) is 5.75. The molecule has 0 spiro atoms. The van der Waals surface area contributed by atoms with Crippen LogP contribution >= 0.6 is 0 Å². The third-order valence-electron chi connectivity index (χ3n) is 5.75. The minimum absolute atomic E-state index is 0.0327. The summed E-state index contributed by atoms with van der Waals surface area (Å²) in [6.45, 7) is 0. The number of benzene rings is 1. The molecule has 2 saturated carbocycles. The van der Waals surface area contributed by atoms with Crippen LogP contribution in [0.25, 0.3) is 0 Å². The molecule has 0 saturated heterocycles. The van der Waals surface area contributed by atoms with Crippen molar-refractivity contribution in [1.29, 1.82) is 0 Å². The molecule has 2 fully saturated rings. The van der Waals surface area contributed by atoms with Crippen molar-refractivity contribution in [2.75, 3.05) is 7.11 Å². The molecule has 3 nitrogen and oxygen atoms in total. The van der Waals surface area contributed by atoms with Gasteiger partial charge in [0, 0.05) is 6.04 Å². The molecule has 3 aliphatic rings. The van der Waals surface area contributed by atoms with E-state index in [-0.39, 0.29) is 5.97 Å². The minimum atomic E-state index is -0.449. The Kier molecular flexibility index (Phi) is 3.07. The van der Waals surface area contributed by atoms with E-state index in [1.807, 2.05) is 0 Å². The Morgan fingerprint density at radius 2 is 1.67 bits per heavy atom. The Bertz CT molecular complexity index is 531. The normalized spacial score (nSPS) is 34.1. The molecular formula is C18H23NO2. The first-order chi connectivity index (χ1) is 10.2. The molecule has 0 radical (unpaired) electrons. The summed E-state index contributed by atoms with van der Waals surface area (Å²) in [6.07, 6.45) is 6.67. The van der Waals surface area contributed by atoms with Crippen LogP contribution in [0.1, 0.15) is 36.8 Å². The smallest absolute Gasteiger partial charge is 0.326 e. The quantitative estimate of drug-likeness (QED) is 0.867. The molecule has 2 unspecified atom stereocenters. The number of rotatable bonds is 3.